The van der Waals surface area contributed by atoms with Crippen LogP contribution in [0.2, 0.25) is 0 Å². The normalized spacial score (nSPS) is 16.9. The van der Waals surface area contributed by atoms with E-state index in [4.69, 9.17) is 9.84 Å². The second-order valence-corrected chi connectivity index (χ2v) is 6.39. The minimum Gasteiger partial charge on any atom is -0.481 e. The quantitative estimate of drug-likeness (QED) is 0.845. The second kappa shape index (κ2) is 7.64. The van der Waals surface area contributed by atoms with Gasteiger partial charge in [0.15, 0.2) is 0 Å². The summed E-state index contributed by atoms with van der Waals surface area (Å²) in [5.41, 5.74) is -0.386. The van der Waals surface area contributed by atoms with E-state index in [-0.39, 0.29) is 30.6 Å². The summed E-state index contributed by atoms with van der Waals surface area (Å²) in [6.45, 7) is 10.0. The predicted molar refractivity (Wildman–Crippen MR) is 80.3 cm³/mol. The largest absolute Gasteiger partial charge is 0.481 e. The molecular formula is C15H28N2O4. The number of piperidine rings is 1. The summed E-state index contributed by atoms with van der Waals surface area (Å²) < 4.78 is 5.59. The average molecular weight is 300 g/mol. The molecule has 1 rings (SSSR count). The van der Waals surface area contributed by atoms with Crippen molar-refractivity contribution in [3.8, 4) is 0 Å². The molecular weight excluding hydrogens is 272 g/mol. The zero-order chi connectivity index (χ0) is 16.0. The molecule has 21 heavy (non-hydrogen) atoms. The van der Waals surface area contributed by atoms with Crippen molar-refractivity contribution >= 4 is 12.0 Å². The molecule has 1 N–H and O–H groups in total. The van der Waals surface area contributed by atoms with Crippen LogP contribution in [0.25, 0.3) is 0 Å². The smallest absolute Gasteiger partial charge is 0.320 e. The molecule has 0 saturated carbocycles. The van der Waals surface area contributed by atoms with Gasteiger partial charge in [0.2, 0.25) is 0 Å². The number of carboxylic acids is 1. The third-order valence-electron chi connectivity index (χ3n) is 3.70. The Bertz CT molecular complexity index is 357. The van der Waals surface area contributed by atoms with E-state index in [1.54, 1.807) is 4.90 Å². The zero-order valence-electron chi connectivity index (χ0n) is 13.6. The van der Waals surface area contributed by atoms with Crippen molar-refractivity contribution in [2.45, 2.75) is 58.6 Å². The van der Waals surface area contributed by atoms with E-state index in [1.807, 2.05) is 32.6 Å². The fraction of sp³-hybridized carbons (Fsp3) is 0.867. The van der Waals surface area contributed by atoms with Gasteiger partial charge in [-0.2, -0.15) is 0 Å². The van der Waals surface area contributed by atoms with E-state index < -0.39 is 5.97 Å². The van der Waals surface area contributed by atoms with Gasteiger partial charge < -0.3 is 19.6 Å². The number of aliphatic carboxylic acids is 1. The van der Waals surface area contributed by atoms with E-state index in [0.717, 1.165) is 12.8 Å². The molecule has 1 aliphatic heterocycles. The predicted octanol–water partition coefficient (Wildman–Crippen LogP) is 2.18. The molecule has 0 radical (unpaired) electrons. The highest BCUT2D eigenvalue weighted by molar-refractivity contribution is 5.76. The van der Waals surface area contributed by atoms with Crippen LogP contribution in [-0.4, -0.2) is 64.8 Å². The maximum atomic E-state index is 12.6. The molecule has 0 spiro atoms. The first kappa shape index (κ1) is 17.8. The highest BCUT2D eigenvalue weighted by atomic mass is 16.5. The number of carboxylic acid groups (broad SMARTS) is 1. The molecule has 2 amide bonds. The van der Waals surface area contributed by atoms with E-state index in [1.165, 1.54) is 0 Å². The first-order valence-corrected chi connectivity index (χ1v) is 7.65. The molecule has 0 aliphatic carbocycles. The molecule has 1 fully saturated rings. The Morgan fingerprint density at radius 1 is 1.29 bits per heavy atom. The molecule has 6 heteroatoms. The first-order valence-electron chi connectivity index (χ1n) is 7.65. The Morgan fingerprint density at radius 3 is 2.29 bits per heavy atom. The molecule has 1 heterocycles. The van der Waals surface area contributed by atoms with Crippen LogP contribution < -0.4 is 0 Å². The van der Waals surface area contributed by atoms with E-state index in [2.05, 4.69) is 0 Å². The van der Waals surface area contributed by atoms with Gasteiger partial charge >= 0.3 is 12.0 Å². The van der Waals surface area contributed by atoms with Crippen LogP contribution in [0.4, 0.5) is 4.79 Å². The third kappa shape index (κ3) is 5.53. The molecule has 0 unspecified atom stereocenters. The Balaban J connectivity index is 2.62. The molecule has 0 aromatic heterocycles. The summed E-state index contributed by atoms with van der Waals surface area (Å²) in [7, 11) is 0. The summed E-state index contributed by atoms with van der Waals surface area (Å²) in [6, 6.07) is -0.0706. The summed E-state index contributed by atoms with van der Waals surface area (Å²) in [4.78, 5) is 26.9. The first-order chi connectivity index (χ1) is 9.75. The number of amides is 2. The van der Waals surface area contributed by atoms with Crippen molar-refractivity contribution in [1.82, 2.24) is 9.80 Å². The van der Waals surface area contributed by atoms with Gasteiger partial charge in [-0.05, 0) is 40.5 Å². The Hall–Kier alpha value is -1.30. The van der Waals surface area contributed by atoms with Crippen molar-refractivity contribution < 1.29 is 19.4 Å². The third-order valence-corrected chi connectivity index (χ3v) is 3.70. The standard InChI is InChI=1S/C15H28N2O4/c1-5-21-12-6-9-16(10-7-12)14(20)17(15(2,3)4)11-8-13(18)19/h12H,5-11H2,1-4H3,(H,18,19). The van der Waals surface area contributed by atoms with Gasteiger partial charge in [0.1, 0.15) is 0 Å². The van der Waals surface area contributed by atoms with Crippen molar-refractivity contribution in [2.24, 2.45) is 0 Å². The second-order valence-electron chi connectivity index (χ2n) is 6.39. The summed E-state index contributed by atoms with van der Waals surface area (Å²) in [5, 5.41) is 8.85. The SMILES string of the molecule is CCOC1CCN(C(=O)N(CCC(=O)O)C(C)(C)C)CC1. The van der Waals surface area contributed by atoms with Crippen LogP contribution in [0.15, 0.2) is 0 Å². The minimum absolute atomic E-state index is 0.0293. The Morgan fingerprint density at radius 2 is 1.86 bits per heavy atom. The van der Waals surface area contributed by atoms with Crippen molar-refractivity contribution in [2.75, 3.05) is 26.2 Å². The maximum absolute atomic E-state index is 12.6. The highest BCUT2D eigenvalue weighted by Gasteiger charge is 2.32. The monoisotopic (exact) mass is 300 g/mol. The number of ether oxygens (including phenoxy) is 1. The molecule has 0 aromatic carbocycles. The van der Waals surface area contributed by atoms with Gasteiger partial charge in [0, 0.05) is 31.8 Å². The van der Waals surface area contributed by atoms with Gasteiger partial charge in [0.25, 0.3) is 0 Å². The highest BCUT2D eigenvalue weighted by Crippen LogP contribution is 2.20. The van der Waals surface area contributed by atoms with Crippen LogP contribution in [-0.2, 0) is 9.53 Å². The van der Waals surface area contributed by atoms with Gasteiger partial charge in [-0.15, -0.1) is 0 Å². The van der Waals surface area contributed by atoms with Gasteiger partial charge in [-0.3, -0.25) is 4.79 Å². The average Bonchev–Trinajstić information content (AvgIpc) is 2.38. The number of hydrogen-bond donors (Lipinski definition) is 1. The summed E-state index contributed by atoms with van der Waals surface area (Å²) >= 11 is 0. The van der Waals surface area contributed by atoms with Crippen LogP contribution in [0.1, 0.15) is 47.0 Å². The number of rotatable bonds is 5. The van der Waals surface area contributed by atoms with Gasteiger partial charge in [-0.1, -0.05) is 0 Å². The van der Waals surface area contributed by atoms with Crippen LogP contribution in [0.3, 0.4) is 0 Å². The summed E-state index contributed by atoms with van der Waals surface area (Å²) in [5.74, 6) is -0.882. The van der Waals surface area contributed by atoms with Gasteiger partial charge in [0.05, 0.1) is 12.5 Å². The Kier molecular flexibility index (Phi) is 6.45. The van der Waals surface area contributed by atoms with Crippen LogP contribution in [0.5, 0.6) is 0 Å². The fourth-order valence-electron chi connectivity index (χ4n) is 2.55. The molecule has 0 aromatic rings. The molecule has 122 valence electrons. The zero-order valence-corrected chi connectivity index (χ0v) is 13.6. The van der Waals surface area contributed by atoms with Gasteiger partial charge in [-0.25, -0.2) is 4.79 Å². The lowest BCUT2D eigenvalue weighted by atomic mass is 10.0. The van der Waals surface area contributed by atoms with E-state index in [0.29, 0.717) is 19.7 Å². The number of hydrogen-bond acceptors (Lipinski definition) is 3. The topological polar surface area (TPSA) is 70.1 Å². The Labute approximate surface area is 127 Å². The van der Waals surface area contributed by atoms with Crippen molar-refractivity contribution in [1.29, 1.82) is 0 Å². The van der Waals surface area contributed by atoms with Crippen LogP contribution >= 0.6 is 0 Å². The number of likely N-dealkylation sites (tertiary alicyclic amines) is 1. The van der Waals surface area contributed by atoms with Crippen molar-refractivity contribution in [3.63, 3.8) is 0 Å². The molecule has 0 bridgehead atoms. The lowest BCUT2D eigenvalue weighted by Crippen LogP contribution is -2.54. The van der Waals surface area contributed by atoms with Crippen LogP contribution in [0, 0.1) is 0 Å². The number of nitrogens with zero attached hydrogens (tertiary/aromatic N) is 2. The number of urea groups is 1. The molecule has 6 nitrogen and oxygen atoms in total. The summed E-state index contributed by atoms with van der Waals surface area (Å²) in [6.07, 6.45) is 1.90. The van der Waals surface area contributed by atoms with Crippen molar-refractivity contribution in [3.05, 3.63) is 0 Å². The van der Waals surface area contributed by atoms with E-state index in [9.17, 15) is 9.59 Å². The fourth-order valence-corrected chi connectivity index (χ4v) is 2.55. The van der Waals surface area contributed by atoms with E-state index >= 15 is 0 Å². The lowest BCUT2D eigenvalue weighted by molar-refractivity contribution is -0.137. The maximum Gasteiger partial charge on any atom is 0.320 e. The lowest BCUT2D eigenvalue weighted by Gasteiger charge is -2.41. The molecule has 1 aliphatic rings. The molecule has 0 atom stereocenters. The number of carbonyl (C=O) groups is 2. The number of carbonyl (C=O) groups excluding carboxylic acids is 1. The minimum atomic E-state index is -0.882. The molecule has 1 saturated heterocycles.